The predicted molar refractivity (Wildman–Crippen MR) is 43.5 cm³/mol. The first kappa shape index (κ1) is 13.3. The summed E-state index contributed by atoms with van der Waals surface area (Å²) >= 11 is 0. The summed E-state index contributed by atoms with van der Waals surface area (Å²) in [7, 11) is -2.81. The number of benzene rings is 1. The second-order valence-electron chi connectivity index (χ2n) is 2.51. The Morgan fingerprint density at radius 1 is 1.23 bits per heavy atom. The van der Waals surface area contributed by atoms with Crippen LogP contribution in [0.2, 0.25) is 0 Å². The van der Waals surface area contributed by atoms with E-state index in [0.717, 1.165) is 11.1 Å². The van der Waals surface area contributed by atoms with Crippen LogP contribution in [0.4, 0.5) is 0 Å². The van der Waals surface area contributed by atoms with Gasteiger partial charge in [-0.15, -0.1) is 0 Å². The molecule has 0 unspecified atom stereocenters. The molecule has 66 valence electrons. The van der Waals surface area contributed by atoms with E-state index in [9.17, 15) is 9.79 Å². The van der Waals surface area contributed by atoms with Crippen molar-refractivity contribution in [3.63, 3.8) is 0 Å². The van der Waals surface area contributed by atoms with Gasteiger partial charge in [-0.25, -0.2) is 0 Å². The first-order valence-corrected chi connectivity index (χ1v) is 4.59. The van der Waals surface area contributed by atoms with Gasteiger partial charge in [0, 0.05) is 0 Å². The summed E-state index contributed by atoms with van der Waals surface area (Å²) in [5.74, 6) is 0.408. The molecule has 0 saturated carbocycles. The molecule has 0 aromatic heterocycles. The van der Waals surface area contributed by atoms with Crippen molar-refractivity contribution in [2.45, 2.75) is 13.8 Å². The van der Waals surface area contributed by atoms with Crippen LogP contribution in [0.3, 0.4) is 0 Å². The second kappa shape index (κ2) is 5.91. The average molecular weight is 297 g/mol. The maximum Gasteiger partial charge on any atom is 2.00 e. The third kappa shape index (κ3) is 3.89. The van der Waals surface area contributed by atoms with E-state index in [-0.39, 0.29) is 27.3 Å². The molecule has 0 spiro atoms. The normalized spacial score (nSPS) is 9.62. The Balaban J connectivity index is 0.00000144. The molecule has 5 heteroatoms. The minimum absolute atomic E-state index is 0. The van der Waals surface area contributed by atoms with E-state index >= 15 is 0 Å². The molecule has 0 atom stereocenters. The van der Waals surface area contributed by atoms with Gasteiger partial charge in [0.1, 0.15) is 5.75 Å². The fourth-order valence-corrected chi connectivity index (χ4v) is 1.26. The Morgan fingerprint density at radius 2 is 1.85 bits per heavy atom. The van der Waals surface area contributed by atoms with Crippen molar-refractivity contribution in [2.24, 2.45) is 0 Å². The molecule has 0 radical (unpaired) electrons. The van der Waals surface area contributed by atoms with E-state index in [1.54, 1.807) is 12.1 Å². The Labute approximate surface area is 98.9 Å². The van der Waals surface area contributed by atoms with Crippen LogP contribution in [0.1, 0.15) is 11.1 Å². The van der Waals surface area contributed by atoms with Crippen LogP contribution in [0.15, 0.2) is 18.2 Å². The van der Waals surface area contributed by atoms with Gasteiger partial charge < -0.3 is 14.3 Å². The zero-order chi connectivity index (χ0) is 9.14. The molecule has 1 aromatic carbocycles. The van der Waals surface area contributed by atoms with Crippen molar-refractivity contribution in [1.29, 1.82) is 0 Å². The topological polar surface area (TPSA) is 55.3 Å². The third-order valence-electron chi connectivity index (χ3n) is 1.73. The van der Waals surface area contributed by atoms with E-state index in [0.29, 0.717) is 5.75 Å². The van der Waals surface area contributed by atoms with E-state index in [1.165, 1.54) is 0 Å². The molecule has 0 bridgehead atoms. The first-order chi connectivity index (χ1) is 5.61. The Bertz CT molecular complexity index is 278. The predicted octanol–water partition coefficient (Wildman–Crippen LogP) is 0.627. The molecular weight excluding hydrogens is 287 g/mol. The Morgan fingerprint density at radius 3 is 2.38 bits per heavy atom. The van der Waals surface area contributed by atoms with Crippen molar-refractivity contribution in [2.75, 3.05) is 0 Å². The zero-order valence-electron chi connectivity index (χ0n) is 7.61. The molecule has 1 rings (SSSR count). The van der Waals surface area contributed by atoms with Crippen molar-refractivity contribution >= 4 is 8.60 Å². The van der Waals surface area contributed by atoms with Crippen LogP contribution in [0.25, 0.3) is 0 Å². The number of rotatable bonds is 2. The van der Waals surface area contributed by atoms with Crippen molar-refractivity contribution in [3.8, 4) is 5.75 Å². The molecule has 0 heterocycles. The van der Waals surface area contributed by atoms with Crippen LogP contribution >= 0.6 is 8.60 Å². The smallest absolute Gasteiger partial charge is 0.810 e. The minimum Gasteiger partial charge on any atom is -0.810 e. The van der Waals surface area contributed by atoms with Gasteiger partial charge in [0.2, 0.25) is 0 Å². The van der Waals surface area contributed by atoms with Crippen LogP contribution in [-0.4, -0.2) is 0 Å². The fourth-order valence-electron chi connectivity index (χ4n) is 0.903. The molecule has 0 fully saturated rings. The molecule has 0 aliphatic rings. The van der Waals surface area contributed by atoms with E-state index in [4.69, 9.17) is 0 Å². The SMILES string of the molecule is Cc1cccc(OP([O-])[O-])c1C.[Cd+2]. The Kier molecular flexibility index (Phi) is 6.04. The van der Waals surface area contributed by atoms with Crippen molar-refractivity contribution < 1.29 is 41.6 Å². The monoisotopic (exact) mass is 298 g/mol. The largest absolute Gasteiger partial charge is 2.00 e. The van der Waals surface area contributed by atoms with E-state index in [2.05, 4.69) is 4.52 Å². The summed E-state index contributed by atoms with van der Waals surface area (Å²) in [5, 5.41) is 0. The molecule has 1 aromatic rings. The number of aryl methyl sites for hydroxylation is 1. The first-order valence-electron chi connectivity index (χ1n) is 3.50. The molecule has 0 N–H and O–H groups in total. The average Bonchev–Trinajstić information content (AvgIpc) is 1.98. The van der Waals surface area contributed by atoms with Crippen molar-refractivity contribution in [3.05, 3.63) is 29.3 Å². The standard InChI is InChI=1S/C8H9O3P.Cd/c1-6-4-3-5-8(7(6)2)11-12(9)10;/h3-5H,1-2H3;/q-2;+2. The fraction of sp³-hybridized carbons (Fsp3) is 0.250. The summed E-state index contributed by atoms with van der Waals surface area (Å²) in [4.78, 5) is 20.5. The van der Waals surface area contributed by atoms with Gasteiger partial charge in [0.15, 0.2) is 0 Å². The van der Waals surface area contributed by atoms with Crippen LogP contribution < -0.4 is 14.3 Å². The molecule has 0 aliphatic carbocycles. The molecule has 13 heavy (non-hydrogen) atoms. The summed E-state index contributed by atoms with van der Waals surface area (Å²) in [6.45, 7) is 3.73. The minimum atomic E-state index is -2.81. The maximum atomic E-state index is 10.2. The van der Waals surface area contributed by atoms with E-state index < -0.39 is 8.60 Å². The molecule has 0 saturated heterocycles. The van der Waals surface area contributed by atoms with Crippen molar-refractivity contribution in [1.82, 2.24) is 0 Å². The third-order valence-corrected chi connectivity index (χ3v) is 2.07. The van der Waals surface area contributed by atoms with Gasteiger partial charge in [-0.3, -0.25) is 0 Å². The summed E-state index contributed by atoms with van der Waals surface area (Å²) in [5.41, 5.74) is 1.88. The van der Waals surface area contributed by atoms with Gasteiger partial charge in [-0.05, 0) is 31.0 Å². The maximum absolute atomic E-state index is 10.2. The zero-order valence-corrected chi connectivity index (χ0v) is 12.5. The molecule has 0 aliphatic heterocycles. The van der Waals surface area contributed by atoms with E-state index in [1.807, 2.05) is 19.9 Å². The quantitative estimate of drug-likeness (QED) is 0.594. The van der Waals surface area contributed by atoms with Crippen LogP contribution in [-0.2, 0) is 27.3 Å². The number of hydrogen-bond donors (Lipinski definition) is 0. The summed E-state index contributed by atoms with van der Waals surface area (Å²) in [6.07, 6.45) is 0. The van der Waals surface area contributed by atoms with Crippen LogP contribution in [0.5, 0.6) is 5.75 Å². The summed E-state index contributed by atoms with van der Waals surface area (Å²) < 4.78 is 4.58. The van der Waals surface area contributed by atoms with Gasteiger partial charge in [-0.1, -0.05) is 20.7 Å². The molecule has 3 nitrogen and oxygen atoms in total. The number of hydrogen-bond acceptors (Lipinski definition) is 3. The summed E-state index contributed by atoms with van der Waals surface area (Å²) in [6, 6.07) is 5.30. The van der Waals surface area contributed by atoms with Gasteiger partial charge >= 0.3 is 27.3 Å². The Hall–Kier alpha value is 0.292. The van der Waals surface area contributed by atoms with Gasteiger partial charge in [0.25, 0.3) is 0 Å². The van der Waals surface area contributed by atoms with Gasteiger partial charge in [0.05, 0.1) is 0 Å². The van der Waals surface area contributed by atoms with Gasteiger partial charge in [-0.2, -0.15) is 0 Å². The molecule has 0 amide bonds. The second-order valence-corrected chi connectivity index (χ2v) is 3.14. The van der Waals surface area contributed by atoms with Crippen LogP contribution in [0, 0.1) is 13.8 Å². The molecular formula is C8H9CdO3P.